The molecular formula is C13H10ClFN2S. The van der Waals surface area contributed by atoms with Gasteiger partial charge in [0, 0.05) is 11.3 Å². The molecule has 0 amide bonds. The van der Waals surface area contributed by atoms with Crippen molar-refractivity contribution in [2.24, 2.45) is 0 Å². The van der Waals surface area contributed by atoms with Crippen LogP contribution in [0.15, 0.2) is 24.3 Å². The van der Waals surface area contributed by atoms with Crippen LogP contribution in [0, 0.1) is 10.5 Å². The van der Waals surface area contributed by atoms with Gasteiger partial charge in [-0.05, 0) is 43.0 Å². The van der Waals surface area contributed by atoms with Crippen molar-refractivity contribution >= 4 is 23.8 Å². The standard InChI is InChI=1S/C13H10ClFN2S/c14-10-5-8(15)3-4-9(10)13-16-11(7-1-2-7)6-12(18)17-13/h3-7H,1-2H2,(H,16,17,18). The summed E-state index contributed by atoms with van der Waals surface area (Å²) in [6.07, 6.45) is 2.34. The lowest BCUT2D eigenvalue weighted by Crippen LogP contribution is -1.95. The van der Waals surface area contributed by atoms with Gasteiger partial charge in [-0.3, -0.25) is 0 Å². The van der Waals surface area contributed by atoms with Crippen LogP contribution in [-0.4, -0.2) is 9.97 Å². The van der Waals surface area contributed by atoms with Gasteiger partial charge in [-0.2, -0.15) is 0 Å². The molecule has 1 fully saturated rings. The summed E-state index contributed by atoms with van der Waals surface area (Å²) in [6.45, 7) is 0. The van der Waals surface area contributed by atoms with Crippen molar-refractivity contribution < 1.29 is 4.39 Å². The van der Waals surface area contributed by atoms with Crippen molar-refractivity contribution in [1.82, 2.24) is 9.97 Å². The van der Waals surface area contributed by atoms with Crippen molar-refractivity contribution in [2.75, 3.05) is 0 Å². The van der Waals surface area contributed by atoms with E-state index in [0.717, 1.165) is 5.69 Å². The number of hydrogen-bond donors (Lipinski definition) is 1. The van der Waals surface area contributed by atoms with Gasteiger partial charge in [-0.15, -0.1) is 0 Å². The molecule has 3 rings (SSSR count). The monoisotopic (exact) mass is 280 g/mol. The molecular weight excluding hydrogens is 271 g/mol. The minimum atomic E-state index is -0.360. The van der Waals surface area contributed by atoms with Crippen molar-refractivity contribution in [1.29, 1.82) is 0 Å². The topological polar surface area (TPSA) is 28.7 Å². The number of nitrogens with zero attached hydrogens (tertiary/aromatic N) is 1. The first-order valence-electron chi connectivity index (χ1n) is 5.70. The van der Waals surface area contributed by atoms with E-state index in [-0.39, 0.29) is 5.82 Å². The highest BCUT2D eigenvalue weighted by Gasteiger charge is 2.25. The molecule has 92 valence electrons. The van der Waals surface area contributed by atoms with Crippen LogP contribution in [0.3, 0.4) is 0 Å². The van der Waals surface area contributed by atoms with Crippen LogP contribution in [0.1, 0.15) is 24.5 Å². The maximum atomic E-state index is 13.0. The molecule has 1 aromatic carbocycles. The van der Waals surface area contributed by atoms with Crippen molar-refractivity contribution in [3.8, 4) is 11.4 Å². The molecule has 2 nitrogen and oxygen atoms in total. The van der Waals surface area contributed by atoms with Gasteiger partial charge in [0.25, 0.3) is 0 Å². The molecule has 1 aliphatic rings. The molecule has 1 N–H and O–H groups in total. The lowest BCUT2D eigenvalue weighted by atomic mass is 10.2. The molecule has 1 aromatic heterocycles. The van der Waals surface area contributed by atoms with Gasteiger partial charge in [0.15, 0.2) is 0 Å². The largest absolute Gasteiger partial charge is 0.343 e. The number of nitrogens with one attached hydrogen (secondary N) is 1. The smallest absolute Gasteiger partial charge is 0.140 e. The molecule has 5 heteroatoms. The van der Waals surface area contributed by atoms with Crippen molar-refractivity contribution in [2.45, 2.75) is 18.8 Å². The summed E-state index contributed by atoms with van der Waals surface area (Å²) in [7, 11) is 0. The number of rotatable bonds is 2. The molecule has 0 aliphatic heterocycles. The molecule has 2 aromatic rings. The quantitative estimate of drug-likeness (QED) is 0.822. The minimum Gasteiger partial charge on any atom is -0.343 e. The Labute approximate surface area is 114 Å². The van der Waals surface area contributed by atoms with E-state index in [4.69, 9.17) is 23.8 Å². The Morgan fingerprint density at radius 2 is 2.11 bits per heavy atom. The van der Waals surface area contributed by atoms with E-state index in [1.165, 1.54) is 25.0 Å². The van der Waals surface area contributed by atoms with Crippen LogP contribution in [0.25, 0.3) is 11.4 Å². The van der Waals surface area contributed by atoms with Gasteiger partial charge in [-0.25, -0.2) is 9.37 Å². The third-order valence-electron chi connectivity index (χ3n) is 2.97. The second kappa shape index (κ2) is 4.44. The second-order valence-corrected chi connectivity index (χ2v) is 5.25. The summed E-state index contributed by atoms with van der Waals surface area (Å²) in [5, 5.41) is 0.334. The molecule has 0 saturated heterocycles. The van der Waals surface area contributed by atoms with Crippen molar-refractivity contribution in [3.63, 3.8) is 0 Å². The Balaban J connectivity index is 2.13. The SMILES string of the molecule is Fc1ccc(-c2nc(=S)cc(C3CC3)[nH]2)c(Cl)c1. The number of aromatic amines is 1. The van der Waals surface area contributed by atoms with E-state index >= 15 is 0 Å². The molecule has 0 bridgehead atoms. The Morgan fingerprint density at radius 3 is 2.78 bits per heavy atom. The Bertz CT molecular complexity index is 664. The molecule has 0 unspecified atom stereocenters. The van der Waals surface area contributed by atoms with E-state index in [1.54, 1.807) is 6.07 Å². The number of H-pyrrole nitrogens is 1. The predicted octanol–water partition coefficient (Wildman–Crippen LogP) is 4.48. The number of aromatic nitrogens is 2. The fraction of sp³-hybridized carbons (Fsp3) is 0.231. The van der Waals surface area contributed by atoms with Gasteiger partial charge in [0.2, 0.25) is 0 Å². The van der Waals surface area contributed by atoms with Gasteiger partial charge in [0.05, 0.1) is 5.02 Å². The van der Waals surface area contributed by atoms with E-state index in [1.807, 2.05) is 6.07 Å². The number of benzene rings is 1. The first-order chi connectivity index (χ1) is 8.63. The minimum absolute atomic E-state index is 0.334. The highest BCUT2D eigenvalue weighted by molar-refractivity contribution is 7.71. The van der Waals surface area contributed by atoms with Gasteiger partial charge >= 0.3 is 0 Å². The van der Waals surface area contributed by atoms with E-state index in [2.05, 4.69) is 9.97 Å². The fourth-order valence-corrected chi connectivity index (χ4v) is 2.37. The second-order valence-electron chi connectivity index (χ2n) is 4.42. The van der Waals surface area contributed by atoms with Crippen LogP contribution in [0.5, 0.6) is 0 Å². The summed E-state index contributed by atoms with van der Waals surface area (Å²) in [4.78, 5) is 7.50. The van der Waals surface area contributed by atoms with Crippen LogP contribution >= 0.6 is 23.8 Å². The lowest BCUT2D eigenvalue weighted by molar-refractivity contribution is 0.628. The normalized spacial score (nSPS) is 14.8. The van der Waals surface area contributed by atoms with Gasteiger partial charge in [0.1, 0.15) is 16.3 Å². The Hall–Kier alpha value is -1.26. The zero-order valence-electron chi connectivity index (χ0n) is 9.41. The van der Waals surface area contributed by atoms with Gasteiger partial charge in [-0.1, -0.05) is 23.8 Å². The lowest BCUT2D eigenvalue weighted by Gasteiger charge is -2.06. The van der Waals surface area contributed by atoms with Crippen LogP contribution in [0.2, 0.25) is 5.02 Å². The highest BCUT2D eigenvalue weighted by atomic mass is 35.5. The average molecular weight is 281 g/mol. The van der Waals surface area contributed by atoms with E-state index in [9.17, 15) is 4.39 Å². The number of halogens is 2. The van der Waals surface area contributed by atoms with Crippen LogP contribution in [0.4, 0.5) is 4.39 Å². The molecule has 1 heterocycles. The molecule has 1 saturated carbocycles. The van der Waals surface area contributed by atoms with Crippen LogP contribution in [-0.2, 0) is 0 Å². The van der Waals surface area contributed by atoms with Crippen LogP contribution < -0.4 is 0 Å². The summed E-state index contributed by atoms with van der Waals surface area (Å²) < 4.78 is 13.6. The third kappa shape index (κ3) is 2.31. The Kier molecular flexibility index (Phi) is 2.92. The fourth-order valence-electron chi connectivity index (χ4n) is 1.90. The zero-order valence-corrected chi connectivity index (χ0v) is 11.0. The molecule has 18 heavy (non-hydrogen) atoms. The molecule has 0 atom stereocenters. The first kappa shape index (κ1) is 11.8. The summed E-state index contributed by atoms with van der Waals surface area (Å²) in [6, 6.07) is 6.14. The maximum Gasteiger partial charge on any atom is 0.140 e. The first-order valence-corrected chi connectivity index (χ1v) is 6.49. The van der Waals surface area contributed by atoms with E-state index in [0.29, 0.717) is 27.0 Å². The highest BCUT2D eigenvalue weighted by Crippen LogP contribution is 2.39. The third-order valence-corrected chi connectivity index (χ3v) is 3.49. The number of hydrogen-bond acceptors (Lipinski definition) is 2. The summed E-state index contributed by atoms with van der Waals surface area (Å²) in [5.74, 6) is 0.794. The summed E-state index contributed by atoms with van der Waals surface area (Å²) in [5.41, 5.74) is 1.76. The molecule has 1 aliphatic carbocycles. The molecule has 0 spiro atoms. The maximum absolute atomic E-state index is 13.0. The van der Waals surface area contributed by atoms with Gasteiger partial charge < -0.3 is 4.98 Å². The van der Waals surface area contributed by atoms with E-state index < -0.39 is 0 Å². The summed E-state index contributed by atoms with van der Waals surface area (Å²) >= 11 is 11.2. The average Bonchev–Trinajstić information content (AvgIpc) is 3.11. The predicted molar refractivity (Wildman–Crippen MR) is 71.8 cm³/mol. The van der Waals surface area contributed by atoms with Crippen molar-refractivity contribution in [3.05, 3.63) is 45.4 Å². The zero-order chi connectivity index (χ0) is 12.7. The molecule has 0 radical (unpaired) electrons. The Morgan fingerprint density at radius 1 is 1.33 bits per heavy atom.